The molecular weight excluding hydrogens is 280 g/mol. The zero-order chi connectivity index (χ0) is 15.5. The summed E-state index contributed by atoms with van der Waals surface area (Å²) in [4.78, 5) is 0. The lowest BCUT2D eigenvalue weighted by atomic mass is 9.90. The molecule has 23 heavy (non-hydrogen) atoms. The molecule has 0 aliphatic carbocycles. The molecule has 3 aromatic rings. The summed E-state index contributed by atoms with van der Waals surface area (Å²) in [5.41, 5.74) is 3.63. The van der Waals surface area contributed by atoms with E-state index in [1.165, 1.54) is 11.1 Å². The number of hydrogen-bond donors (Lipinski definition) is 0. The largest absolute Gasteiger partial charge is 0.484 e. The minimum atomic E-state index is 0.0220. The molecule has 0 N–H and O–H groups in total. The van der Waals surface area contributed by atoms with Crippen molar-refractivity contribution in [3.63, 3.8) is 0 Å². The minimum absolute atomic E-state index is 0.0220. The van der Waals surface area contributed by atoms with Gasteiger partial charge >= 0.3 is 0 Å². The van der Waals surface area contributed by atoms with Gasteiger partial charge in [-0.2, -0.15) is 0 Å². The van der Waals surface area contributed by atoms with Gasteiger partial charge in [0.25, 0.3) is 0 Å². The number of hydrogen-bond acceptors (Lipinski definition) is 1. The van der Waals surface area contributed by atoms with Crippen LogP contribution in [0.25, 0.3) is 5.76 Å². The van der Waals surface area contributed by atoms with Crippen molar-refractivity contribution in [3.8, 4) is 0 Å². The summed E-state index contributed by atoms with van der Waals surface area (Å²) in [5, 5.41) is 0. The topological polar surface area (TPSA) is 9.23 Å². The van der Waals surface area contributed by atoms with Gasteiger partial charge in [0.05, 0.1) is 0 Å². The summed E-state index contributed by atoms with van der Waals surface area (Å²) >= 11 is 0. The first-order chi connectivity index (χ1) is 11.4. The Morgan fingerprint density at radius 1 is 0.565 bits per heavy atom. The SMILES string of the molecule is C1=C(c2ccccc2)OC(c2ccccc2)C1c1ccccc1. The first kappa shape index (κ1) is 13.8. The Labute approximate surface area is 136 Å². The fourth-order valence-electron chi connectivity index (χ4n) is 3.13. The average molecular weight is 298 g/mol. The van der Waals surface area contributed by atoms with Crippen molar-refractivity contribution < 1.29 is 4.74 Å². The van der Waals surface area contributed by atoms with Gasteiger partial charge in [0.15, 0.2) is 0 Å². The summed E-state index contributed by atoms with van der Waals surface area (Å²) in [5.74, 6) is 1.20. The molecule has 0 fully saturated rings. The van der Waals surface area contributed by atoms with Crippen molar-refractivity contribution in [1.29, 1.82) is 0 Å². The second-order valence-electron chi connectivity index (χ2n) is 5.78. The first-order valence-electron chi connectivity index (χ1n) is 7.95. The highest BCUT2D eigenvalue weighted by molar-refractivity contribution is 5.64. The number of ether oxygens (including phenoxy) is 1. The van der Waals surface area contributed by atoms with Gasteiger partial charge in [0.1, 0.15) is 11.9 Å². The lowest BCUT2D eigenvalue weighted by Gasteiger charge is -2.20. The Hall–Kier alpha value is -2.80. The van der Waals surface area contributed by atoms with Gasteiger partial charge in [-0.05, 0) is 17.2 Å². The lowest BCUT2D eigenvalue weighted by molar-refractivity contribution is 0.179. The molecule has 2 unspecified atom stereocenters. The van der Waals surface area contributed by atoms with E-state index in [2.05, 4.69) is 72.8 Å². The molecular formula is C22H18O. The fraction of sp³-hybridized carbons (Fsp3) is 0.0909. The van der Waals surface area contributed by atoms with Gasteiger partial charge in [0, 0.05) is 11.5 Å². The minimum Gasteiger partial charge on any atom is -0.484 e. The van der Waals surface area contributed by atoms with Gasteiger partial charge in [-0.1, -0.05) is 91.0 Å². The Bertz CT molecular complexity index is 791. The van der Waals surface area contributed by atoms with E-state index in [0.29, 0.717) is 0 Å². The molecule has 1 aliphatic rings. The first-order valence-corrected chi connectivity index (χ1v) is 7.95. The smallest absolute Gasteiger partial charge is 0.134 e. The van der Waals surface area contributed by atoms with Crippen molar-refractivity contribution >= 4 is 5.76 Å². The quantitative estimate of drug-likeness (QED) is 0.613. The van der Waals surface area contributed by atoms with E-state index in [4.69, 9.17) is 4.74 Å². The molecule has 2 atom stereocenters. The Morgan fingerprint density at radius 2 is 1.09 bits per heavy atom. The molecule has 0 radical (unpaired) electrons. The van der Waals surface area contributed by atoms with E-state index >= 15 is 0 Å². The zero-order valence-corrected chi connectivity index (χ0v) is 12.8. The highest BCUT2D eigenvalue weighted by Crippen LogP contribution is 2.45. The van der Waals surface area contributed by atoms with Gasteiger partial charge in [-0.3, -0.25) is 0 Å². The standard InChI is InChI=1S/C22H18O/c1-4-10-17(11-5-1)20-16-21(18-12-6-2-7-13-18)23-22(20)19-14-8-3-9-15-19/h1-16,20,22H. The molecule has 1 heteroatoms. The van der Waals surface area contributed by atoms with Crippen LogP contribution in [0.15, 0.2) is 97.1 Å². The van der Waals surface area contributed by atoms with Crippen LogP contribution in [0.2, 0.25) is 0 Å². The zero-order valence-electron chi connectivity index (χ0n) is 12.8. The van der Waals surface area contributed by atoms with Gasteiger partial charge in [-0.25, -0.2) is 0 Å². The van der Waals surface area contributed by atoms with Crippen molar-refractivity contribution in [2.45, 2.75) is 12.0 Å². The van der Waals surface area contributed by atoms with E-state index < -0.39 is 0 Å². The van der Waals surface area contributed by atoms with Crippen LogP contribution in [0.4, 0.5) is 0 Å². The highest BCUT2D eigenvalue weighted by Gasteiger charge is 2.32. The average Bonchev–Trinajstić information content (AvgIpc) is 3.09. The molecule has 4 rings (SSSR count). The van der Waals surface area contributed by atoms with E-state index in [-0.39, 0.29) is 12.0 Å². The van der Waals surface area contributed by atoms with Crippen LogP contribution in [-0.4, -0.2) is 0 Å². The molecule has 0 spiro atoms. The third-order valence-corrected chi connectivity index (χ3v) is 4.28. The predicted molar refractivity (Wildman–Crippen MR) is 93.9 cm³/mol. The normalized spacial score (nSPS) is 19.9. The van der Waals surface area contributed by atoms with Crippen LogP contribution < -0.4 is 0 Å². The summed E-state index contributed by atoms with van der Waals surface area (Å²) in [6, 6.07) is 31.4. The van der Waals surface area contributed by atoms with Gasteiger partial charge in [-0.15, -0.1) is 0 Å². The van der Waals surface area contributed by atoms with E-state index in [9.17, 15) is 0 Å². The maximum Gasteiger partial charge on any atom is 0.134 e. The second-order valence-corrected chi connectivity index (χ2v) is 5.78. The summed E-state index contributed by atoms with van der Waals surface area (Å²) in [7, 11) is 0. The van der Waals surface area contributed by atoms with Gasteiger partial charge in [0.2, 0.25) is 0 Å². The van der Waals surface area contributed by atoms with E-state index in [1.54, 1.807) is 0 Å². The molecule has 0 bridgehead atoms. The highest BCUT2D eigenvalue weighted by atomic mass is 16.5. The van der Waals surface area contributed by atoms with E-state index in [0.717, 1.165) is 11.3 Å². The maximum atomic E-state index is 6.36. The Balaban J connectivity index is 1.75. The van der Waals surface area contributed by atoms with Crippen LogP contribution in [0.3, 0.4) is 0 Å². The second kappa shape index (κ2) is 6.13. The van der Waals surface area contributed by atoms with Crippen LogP contribution in [-0.2, 0) is 4.74 Å². The van der Waals surface area contributed by atoms with Crippen molar-refractivity contribution in [3.05, 3.63) is 114 Å². The molecule has 1 aliphatic heterocycles. The molecule has 0 saturated heterocycles. The summed E-state index contributed by atoms with van der Waals surface area (Å²) in [6.45, 7) is 0. The van der Waals surface area contributed by atoms with Crippen LogP contribution >= 0.6 is 0 Å². The molecule has 1 heterocycles. The summed E-state index contributed by atoms with van der Waals surface area (Å²) in [6.07, 6.45) is 2.27. The Kier molecular flexibility index (Phi) is 3.69. The number of benzene rings is 3. The molecule has 0 saturated carbocycles. The van der Waals surface area contributed by atoms with Crippen molar-refractivity contribution in [1.82, 2.24) is 0 Å². The third-order valence-electron chi connectivity index (χ3n) is 4.28. The van der Waals surface area contributed by atoms with Crippen LogP contribution in [0.5, 0.6) is 0 Å². The van der Waals surface area contributed by atoms with Crippen molar-refractivity contribution in [2.24, 2.45) is 0 Å². The monoisotopic (exact) mass is 298 g/mol. The van der Waals surface area contributed by atoms with Gasteiger partial charge < -0.3 is 4.74 Å². The third kappa shape index (κ3) is 2.78. The Morgan fingerprint density at radius 3 is 1.70 bits per heavy atom. The van der Waals surface area contributed by atoms with Crippen LogP contribution in [0, 0.1) is 0 Å². The van der Waals surface area contributed by atoms with Crippen LogP contribution in [0.1, 0.15) is 28.7 Å². The molecule has 0 aromatic heterocycles. The predicted octanol–water partition coefficient (Wildman–Crippen LogP) is 5.58. The maximum absolute atomic E-state index is 6.36. The summed E-state index contributed by atoms with van der Waals surface area (Å²) < 4.78 is 6.36. The molecule has 112 valence electrons. The fourth-order valence-corrected chi connectivity index (χ4v) is 3.13. The van der Waals surface area contributed by atoms with Crippen molar-refractivity contribution in [2.75, 3.05) is 0 Å². The molecule has 1 nitrogen and oxygen atoms in total. The molecule has 0 amide bonds. The number of rotatable bonds is 3. The molecule has 3 aromatic carbocycles. The van der Waals surface area contributed by atoms with E-state index in [1.807, 2.05) is 24.3 Å². The lowest BCUT2D eigenvalue weighted by Crippen LogP contribution is -2.06.